The molecule has 1 aliphatic heterocycles. The molecule has 0 spiro atoms. The number of carbonyl (C=O) groups is 1. The van der Waals surface area contributed by atoms with Gasteiger partial charge in [0.2, 0.25) is 0 Å². The number of rotatable bonds is 5. The van der Waals surface area contributed by atoms with Crippen LogP contribution < -0.4 is 10.5 Å². The van der Waals surface area contributed by atoms with Crippen LogP contribution in [0.4, 0.5) is 5.69 Å². The third kappa shape index (κ3) is 5.26. The number of benzene rings is 2. The topological polar surface area (TPSA) is 92.6 Å². The van der Waals surface area contributed by atoms with Crippen molar-refractivity contribution in [1.29, 1.82) is 0 Å². The van der Waals surface area contributed by atoms with Crippen molar-refractivity contribution in [2.45, 2.75) is 5.75 Å². The molecular weight excluding hydrogens is 464 g/mol. The second-order valence-corrected chi connectivity index (χ2v) is 10.5. The summed E-state index contributed by atoms with van der Waals surface area (Å²) < 4.78 is 24.4. The summed E-state index contributed by atoms with van der Waals surface area (Å²) in [6.45, 7) is 1.86. The Hall–Kier alpha value is -3.17. The fourth-order valence-electron chi connectivity index (χ4n) is 3.83. The van der Waals surface area contributed by atoms with Gasteiger partial charge < -0.3 is 9.80 Å². The van der Waals surface area contributed by atoms with E-state index in [4.69, 9.17) is 11.6 Å². The summed E-state index contributed by atoms with van der Waals surface area (Å²) in [6, 6.07) is 15.7. The summed E-state index contributed by atoms with van der Waals surface area (Å²) in [5.41, 5.74) is 1.80. The third-order valence-corrected chi connectivity index (χ3v) is 6.62. The molecule has 0 unspecified atom stereocenters. The molecule has 0 atom stereocenters. The zero-order valence-corrected chi connectivity index (χ0v) is 19.6. The first-order valence-corrected chi connectivity index (χ1v) is 12.8. The highest BCUT2D eigenvalue weighted by molar-refractivity contribution is 7.89. The second kappa shape index (κ2) is 9.36. The molecule has 172 valence electrons. The highest BCUT2D eigenvalue weighted by Crippen LogP contribution is 2.23. The van der Waals surface area contributed by atoms with Crippen molar-refractivity contribution < 1.29 is 13.2 Å². The normalized spacial score (nSPS) is 14.4. The molecule has 33 heavy (non-hydrogen) atoms. The average molecular weight is 487 g/mol. The van der Waals surface area contributed by atoms with Gasteiger partial charge in [0.15, 0.2) is 9.84 Å². The monoisotopic (exact) mass is 486 g/mol. The molecule has 1 fully saturated rings. The van der Waals surface area contributed by atoms with Gasteiger partial charge in [-0.05, 0) is 29.8 Å². The molecule has 0 radical (unpaired) electrons. The van der Waals surface area contributed by atoms with Gasteiger partial charge in [0.25, 0.3) is 11.5 Å². The predicted molar refractivity (Wildman–Crippen MR) is 128 cm³/mol. The first-order chi connectivity index (χ1) is 15.7. The molecule has 8 nitrogen and oxygen atoms in total. The summed E-state index contributed by atoms with van der Waals surface area (Å²) in [6.07, 6.45) is 2.74. The van der Waals surface area contributed by atoms with Crippen LogP contribution in [0.3, 0.4) is 0 Å². The van der Waals surface area contributed by atoms with E-state index < -0.39 is 15.4 Å². The number of piperazine rings is 1. The van der Waals surface area contributed by atoms with Crippen molar-refractivity contribution in [2.24, 2.45) is 0 Å². The minimum Gasteiger partial charge on any atom is -0.365 e. The van der Waals surface area contributed by atoms with Crippen LogP contribution in [0, 0.1) is 0 Å². The Morgan fingerprint density at radius 3 is 2.39 bits per heavy atom. The highest BCUT2D eigenvalue weighted by Gasteiger charge is 2.25. The molecule has 2 aromatic carbocycles. The zero-order valence-electron chi connectivity index (χ0n) is 18.0. The Morgan fingerprint density at radius 2 is 1.73 bits per heavy atom. The summed E-state index contributed by atoms with van der Waals surface area (Å²) in [5.74, 6) is -0.268. The lowest BCUT2D eigenvalue weighted by molar-refractivity contribution is 0.0746. The largest absolute Gasteiger partial charge is 0.365 e. The van der Waals surface area contributed by atoms with Crippen molar-refractivity contribution >= 4 is 33.0 Å². The number of aromatic nitrogens is 2. The molecule has 2 heterocycles. The smallest absolute Gasteiger partial charge is 0.292 e. The third-order valence-electron chi connectivity index (χ3n) is 5.41. The standard InChI is InChI=1S/C23H23ClN4O4S/c1-33(31,32)16-17-6-5-7-18(14-17)22(29)27-12-10-26(11-13-27)20-15-25-28(23(30)21(20)24)19-8-3-2-4-9-19/h2-9,14-15H,10-13,16H2,1H3. The van der Waals surface area contributed by atoms with E-state index in [9.17, 15) is 18.0 Å². The van der Waals surface area contributed by atoms with E-state index in [1.807, 2.05) is 23.1 Å². The minimum atomic E-state index is -3.19. The van der Waals surface area contributed by atoms with Crippen molar-refractivity contribution in [2.75, 3.05) is 37.3 Å². The Balaban J connectivity index is 1.46. The Kier molecular flexibility index (Phi) is 6.53. The van der Waals surface area contributed by atoms with E-state index in [0.29, 0.717) is 48.7 Å². The number of hydrogen-bond donors (Lipinski definition) is 0. The molecular formula is C23H23ClN4O4S. The predicted octanol–water partition coefficient (Wildman–Crippen LogP) is 2.39. The van der Waals surface area contributed by atoms with Gasteiger partial charge in [0.1, 0.15) is 5.02 Å². The number of halogens is 1. The Labute approximate surface area is 196 Å². The summed E-state index contributed by atoms with van der Waals surface area (Å²) in [5, 5.41) is 4.36. The second-order valence-electron chi connectivity index (χ2n) is 7.95. The number of para-hydroxylation sites is 1. The molecule has 4 rings (SSSR count). The maximum Gasteiger partial charge on any atom is 0.292 e. The number of sulfone groups is 1. The van der Waals surface area contributed by atoms with Crippen molar-refractivity contribution in [3.8, 4) is 5.69 Å². The van der Waals surface area contributed by atoms with E-state index in [1.54, 1.807) is 47.5 Å². The van der Waals surface area contributed by atoms with Gasteiger partial charge >= 0.3 is 0 Å². The van der Waals surface area contributed by atoms with Crippen LogP contribution in [-0.2, 0) is 15.6 Å². The number of amides is 1. The lowest BCUT2D eigenvalue weighted by Crippen LogP contribution is -2.49. The number of carbonyl (C=O) groups excluding carboxylic acids is 1. The number of nitrogens with zero attached hydrogens (tertiary/aromatic N) is 4. The van der Waals surface area contributed by atoms with Crippen LogP contribution in [-0.4, -0.2) is 61.4 Å². The Morgan fingerprint density at radius 1 is 1.03 bits per heavy atom. The van der Waals surface area contributed by atoms with Crippen LogP contribution in [0.1, 0.15) is 15.9 Å². The highest BCUT2D eigenvalue weighted by atomic mass is 35.5. The van der Waals surface area contributed by atoms with E-state index >= 15 is 0 Å². The van der Waals surface area contributed by atoms with Gasteiger partial charge in [-0.3, -0.25) is 9.59 Å². The maximum atomic E-state index is 12.9. The molecule has 0 aliphatic carbocycles. The van der Waals surface area contributed by atoms with E-state index in [0.717, 1.165) is 0 Å². The number of anilines is 1. The first-order valence-electron chi connectivity index (χ1n) is 10.4. The average Bonchev–Trinajstić information content (AvgIpc) is 2.80. The van der Waals surface area contributed by atoms with Crippen LogP contribution in [0.5, 0.6) is 0 Å². The van der Waals surface area contributed by atoms with Gasteiger partial charge in [-0.15, -0.1) is 0 Å². The van der Waals surface area contributed by atoms with Crippen LogP contribution in [0.2, 0.25) is 5.02 Å². The molecule has 1 amide bonds. The Bertz CT molecular complexity index is 1330. The maximum absolute atomic E-state index is 12.9. The summed E-state index contributed by atoms with van der Waals surface area (Å²) in [4.78, 5) is 29.4. The molecule has 1 aliphatic rings. The zero-order chi connectivity index (χ0) is 23.6. The van der Waals surface area contributed by atoms with Crippen molar-refractivity contribution in [3.63, 3.8) is 0 Å². The lowest BCUT2D eigenvalue weighted by atomic mass is 10.1. The molecule has 0 bridgehead atoms. The fraction of sp³-hybridized carbons (Fsp3) is 0.261. The van der Waals surface area contributed by atoms with Gasteiger partial charge in [-0.2, -0.15) is 9.78 Å². The van der Waals surface area contributed by atoms with E-state index in [2.05, 4.69) is 5.10 Å². The van der Waals surface area contributed by atoms with Gasteiger partial charge in [0.05, 0.1) is 23.3 Å². The van der Waals surface area contributed by atoms with E-state index in [-0.39, 0.29) is 16.7 Å². The summed E-state index contributed by atoms with van der Waals surface area (Å²) >= 11 is 6.40. The van der Waals surface area contributed by atoms with Crippen molar-refractivity contribution in [1.82, 2.24) is 14.7 Å². The fourth-order valence-corrected chi connectivity index (χ4v) is 4.86. The van der Waals surface area contributed by atoms with Crippen molar-refractivity contribution in [3.05, 3.63) is 87.3 Å². The van der Waals surface area contributed by atoms with Crippen LogP contribution in [0.25, 0.3) is 5.69 Å². The van der Waals surface area contributed by atoms with Crippen LogP contribution in [0.15, 0.2) is 65.6 Å². The lowest BCUT2D eigenvalue weighted by Gasteiger charge is -2.36. The molecule has 0 N–H and O–H groups in total. The quantitative estimate of drug-likeness (QED) is 0.550. The van der Waals surface area contributed by atoms with Gasteiger partial charge in [-0.25, -0.2) is 8.42 Å². The SMILES string of the molecule is CS(=O)(=O)Cc1cccc(C(=O)N2CCN(c3cnn(-c4ccccc4)c(=O)c3Cl)CC2)c1. The molecule has 3 aromatic rings. The molecule has 0 saturated carbocycles. The number of hydrogen-bond acceptors (Lipinski definition) is 6. The first kappa shape index (κ1) is 23.0. The minimum absolute atomic E-state index is 0.0853. The molecule has 1 aromatic heterocycles. The molecule has 1 saturated heterocycles. The summed E-state index contributed by atoms with van der Waals surface area (Å²) in [7, 11) is -3.19. The van der Waals surface area contributed by atoms with E-state index in [1.165, 1.54) is 10.9 Å². The van der Waals surface area contributed by atoms with Gasteiger partial charge in [0, 0.05) is 38.0 Å². The van der Waals surface area contributed by atoms with Crippen LogP contribution >= 0.6 is 11.6 Å². The molecule has 10 heteroatoms. The van der Waals surface area contributed by atoms with Gasteiger partial charge in [-0.1, -0.05) is 41.9 Å².